The number of halogens is 2. The van der Waals surface area contributed by atoms with Crippen LogP contribution in [0, 0.1) is 13.8 Å². The molecule has 60 heavy (non-hydrogen) atoms. The van der Waals surface area contributed by atoms with Crippen molar-refractivity contribution in [3.05, 3.63) is 164 Å². The van der Waals surface area contributed by atoms with Crippen LogP contribution in [0.2, 0.25) is 13.1 Å². The van der Waals surface area contributed by atoms with E-state index in [1.807, 2.05) is 13.8 Å². The molecule has 2 heterocycles. The van der Waals surface area contributed by atoms with Crippen LogP contribution in [-0.2, 0) is 53.5 Å². The Morgan fingerprint density at radius 2 is 0.867 bits per heavy atom. The molecule has 0 saturated heterocycles. The van der Waals surface area contributed by atoms with Crippen molar-refractivity contribution >= 4 is 45.8 Å². The van der Waals surface area contributed by atoms with Gasteiger partial charge in [0.05, 0.1) is 0 Å². The number of fused-ring (bicyclic) bond motifs is 2. The molecule has 2 nitrogen and oxygen atoms in total. The van der Waals surface area contributed by atoms with Gasteiger partial charge in [-0.3, -0.25) is 0 Å². The van der Waals surface area contributed by atoms with E-state index in [4.69, 9.17) is 25.9 Å². The molecule has 2 unspecified atom stereocenters. The van der Waals surface area contributed by atoms with Crippen molar-refractivity contribution in [3.8, 4) is 22.3 Å². The normalized spacial score (nSPS) is 16.2. The number of hydrogen-bond acceptors (Lipinski definition) is 2. The Labute approximate surface area is 366 Å². The summed E-state index contributed by atoms with van der Waals surface area (Å²) < 4.78 is 12.9. The summed E-state index contributed by atoms with van der Waals surface area (Å²) in [5, 5.41) is 0. The van der Waals surface area contributed by atoms with Crippen molar-refractivity contribution in [1.29, 1.82) is 0 Å². The summed E-state index contributed by atoms with van der Waals surface area (Å²) in [6.07, 6.45) is 10.6. The first-order chi connectivity index (χ1) is 28.8. The maximum atomic E-state index is 9.09. The van der Waals surface area contributed by atoms with E-state index in [0.717, 1.165) is 72.7 Å². The van der Waals surface area contributed by atoms with Crippen LogP contribution >= 0.6 is 17.0 Å². The quantitative estimate of drug-likeness (QED) is 0.114. The second kappa shape index (κ2) is 16.7. The Kier molecular flexibility index (Phi) is 12.0. The summed E-state index contributed by atoms with van der Waals surface area (Å²) in [7, 11) is 18.2. The van der Waals surface area contributed by atoms with E-state index in [2.05, 4.69) is 152 Å². The number of allylic oxidation sites excluding steroid dienone is 2. The van der Waals surface area contributed by atoms with Crippen molar-refractivity contribution in [1.82, 2.24) is 0 Å². The van der Waals surface area contributed by atoms with Gasteiger partial charge in [-0.15, -0.1) is 0 Å². The molecule has 0 amide bonds. The van der Waals surface area contributed by atoms with Crippen LogP contribution in [0.1, 0.15) is 127 Å². The monoisotopic (exact) mass is 928 g/mol. The third-order valence-electron chi connectivity index (χ3n) is 13.7. The third-order valence-corrected chi connectivity index (χ3v) is 60.0. The molecular formula is C54H60Cl2O2SiZr. The SMILES string of the molecule is CCc1cc(CC)cc(-c2c(CC)ccc3c2C=C(c2ccc(C)o2)[CH]3[Zr]([Cl])([Cl])([CH]2C(c3ccc(C)o3)=Cc3c2ccc(CC)c3-c2cc(CC)cc(CC)c2)=[Si](C)C)c1. The zero-order chi connectivity index (χ0) is 42.7. The molecule has 0 saturated carbocycles. The van der Waals surface area contributed by atoms with E-state index in [9.17, 15) is 0 Å². The van der Waals surface area contributed by atoms with Crippen LogP contribution in [0.25, 0.3) is 45.6 Å². The molecule has 0 radical (unpaired) electrons. The van der Waals surface area contributed by atoms with E-state index in [1.54, 1.807) is 0 Å². The first kappa shape index (κ1) is 43.3. The molecule has 2 aliphatic carbocycles. The number of benzene rings is 4. The predicted octanol–water partition coefficient (Wildman–Crippen LogP) is 16.3. The average Bonchev–Trinajstić information content (AvgIpc) is 4.07. The van der Waals surface area contributed by atoms with Gasteiger partial charge in [-0.1, -0.05) is 0 Å². The summed E-state index contributed by atoms with van der Waals surface area (Å²) in [6, 6.07) is 32.3. The fourth-order valence-corrected chi connectivity index (χ4v) is 38.1. The molecule has 2 atom stereocenters. The van der Waals surface area contributed by atoms with Crippen LogP contribution < -0.4 is 0 Å². The van der Waals surface area contributed by atoms with Crippen LogP contribution in [0.15, 0.2) is 93.8 Å². The molecule has 8 rings (SSSR count). The minimum atomic E-state index is -5.43. The number of furan rings is 2. The fourth-order valence-electron chi connectivity index (χ4n) is 10.4. The van der Waals surface area contributed by atoms with Gasteiger partial charge in [-0.25, -0.2) is 0 Å². The molecule has 6 aromatic rings. The molecule has 0 spiro atoms. The summed E-state index contributed by atoms with van der Waals surface area (Å²) in [5.74, 6) is 3.49. The second-order valence-electron chi connectivity index (χ2n) is 17.4. The molecule has 4 aromatic carbocycles. The summed E-state index contributed by atoms with van der Waals surface area (Å²) in [4.78, 5) is 0. The Balaban J connectivity index is 1.47. The van der Waals surface area contributed by atoms with Gasteiger partial charge >= 0.3 is 370 Å². The van der Waals surface area contributed by atoms with Crippen LogP contribution in [-0.4, -0.2) is 5.43 Å². The Hall–Kier alpha value is -3.40. The van der Waals surface area contributed by atoms with Crippen molar-refractivity contribution in [2.45, 2.75) is 114 Å². The van der Waals surface area contributed by atoms with Gasteiger partial charge in [-0.05, 0) is 0 Å². The Morgan fingerprint density at radius 3 is 1.15 bits per heavy atom. The van der Waals surface area contributed by atoms with Gasteiger partial charge in [0.1, 0.15) is 0 Å². The van der Waals surface area contributed by atoms with E-state index in [-0.39, 0.29) is 7.25 Å². The van der Waals surface area contributed by atoms with Crippen LogP contribution in [0.4, 0.5) is 0 Å². The van der Waals surface area contributed by atoms with E-state index >= 15 is 0 Å². The number of rotatable bonds is 12. The standard InChI is InChI=1S/2C26H27O.C2H6Si.2ClH.Zr/c2*1-5-18-12-19(6-2)14-23(13-18)26-20(7-3)9-10-21-15-22(16-24(21)26)25-11-8-17(4)27-25;1-3-2;;;/h2*8-16H,5-7H2,1-4H3;1-2H3;2*1H;/q;;;;;+2/p-2. The molecule has 2 aliphatic rings. The van der Waals surface area contributed by atoms with Crippen LogP contribution in [0.3, 0.4) is 0 Å². The number of hydrogen-bond donors (Lipinski definition) is 0. The summed E-state index contributed by atoms with van der Waals surface area (Å²) >= 11 is -5.43. The maximum absolute atomic E-state index is 9.09. The fraction of sp³-hybridized carbons (Fsp3) is 0.333. The molecule has 2 aromatic heterocycles. The zero-order valence-electron chi connectivity index (χ0n) is 37.2. The average molecular weight is 931 g/mol. The summed E-state index contributed by atoms with van der Waals surface area (Å²) in [6.45, 7) is 22.4. The molecule has 0 aliphatic heterocycles. The molecule has 310 valence electrons. The Morgan fingerprint density at radius 1 is 0.500 bits per heavy atom. The van der Waals surface area contributed by atoms with Gasteiger partial charge in [-0.2, -0.15) is 0 Å². The van der Waals surface area contributed by atoms with E-state index in [1.165, 1.54) is 77.9 Å². The van der Waals surface area contributed by atoms with Gasteiger partial charge in [0.2, 0.25) is 0 Å². The number of aryl methyl sites for hydroxylation is 8. The van der Waals surface area contributed by atoms with Gasteiger partial charge in [0.25, 0.3) is 0 Å². The van der Waals surface area contributed by atoms with Crippen molar-refractivity contribution < 1.29 is 23.8 Å². The summed E-state index contributed by atoms with van der Waals surface area (Å²) in [5.41, 5.74) is 19.0. The molecular weight excluding hydrogens is 871 g/mol. The van der Waals surface area contributed by atoms with E-state index in [0.29, 0.717) is 0 Å². The second-order valence-corrected chi connectivity index (χ2v) is 56.2. The topological polar surface area (TPSA) is 26.3 Å². The molecule has 0 fully saturated rings. The van der Waals surface area contributed by atoms with Crippen LogP contribution in [0.5, 0.6) is 0 Å². The Bertz CT molecular complexity index is 2580. The van der Waals surface area contributed by atoms with Gasteiger partial charge in [0, 0.05) is 0 Å². The molecule has 0 N–H and O–H groups in total. The molecule has 0 bridgehead atoms. The first-order valence-electron chi connectivity index (χ1n) is 22.3. The van der Waals surface area contributed by atoms with Gasteiger partial charge in [0.15, 0.2) is 0 Å². The van der Waals surface area contributed by atoms with E-state index < -0.39 is 20.4 Å². The molecule has 6 heteroatoms. The first-order valence-corrected chi connectivity index (χ1v) is 37.7. The predicted molar refractivity (Wildman–Crippen MR) is 257 cm³/mol. The zero-order valence-corrected chi connectivity index (χ0v) is 42.2. The van der Waals surface area contributed by atoms with Crippen molar-refractivity contribution in [2.24, 2.45) is 0 Å². The minimum absolute atomic E-state index is 0.219. The van der Waals surface area contributed by atoms with Gasteiger partial charge < -0.3 is 0 Å². The third kappa shape index (κ3) is 7.10. The van der Waals surface area contributed by atoms with Crippen molar-refractivity contribution in [2.75, 3.05) is 0 Å². The van der Waals surface area contributed by atoms with Crippen molar-refractivity contribution in [3.63, 3.8) is 0 Å².